The highest BCUT2D eigenvalue weighted by molar-refractivity contribution is 7.91. The van der Waals surface area contributed by atoms with E-state index in [0.29, 0.717) is 4.34 Å². The zero-order valence-electron chi connectivity index (χ0n) is 10.6. The second kappa shape index (κ2) is 6.37. The largest absolute Gasteiger partial charge is 0.417 e. The van der Waals surface area contributed by atoms with E-state index in [2.05, 4.69) is 4.72 Å². The Morgan fingerprint density at radius 2 is 1.82 bits per heavy atom. The third-order valence-corrected chi connectivity index (χ3v) is 6.07. The number of thiophene rings is 1. The average molecular weight is 390 g/mol. The fraction of sp³-hybridized carbons (Fsp3) is 0.167. The molecule has 1 heterocycles. The highest BCUT2D eigenvalue weighted by Gasteiger charge is 2.33. The third kappa shape index (κ3) is 4.14. The SMILES string of the molecule is O=S(=O)(NCc1ccc(Cl)c(C(F)(F)F)c1)c1ccc(Cl)s1. The highest BCUT2D eigenvalue weighted by Crippen LogP contribution is 2.35. The fourth-order valence-corrected chi connectivity index (χ4v) is 4.36. The fourth-order valence-electron chi connectivity index (χ4n) is 1.59. The summed E-state index contributed by atoms with van der Waals surface area (Å²) in [6.45, 7) is -0.294. The van der Waals surface area contributed by atoms with E-state index in [-0.39, 0.29) is 16.3 Å². The number of benzene rings is 1. The average Bonchev–Trinajstić information content (AvgIpc) is 2.84. The number of nitrogens with one attached hydrogen (secondary N) is 1. The van der Waals surface area contributed by atoms with Crippen LogP contribution in [0.3, 0.4) is 0 Å². The first-order valence-corrected chi connectivity index (χ1v) is 8.76. The molecular weight excluding hydrogens is 382 g/mol. The first-order chi connectivity index (χ1) is 10.1. The molecule has 10 heteroatoms. The van der Waals surface area contributed by atoms with Gasteiger partial charge < -0.3 is 0 Å². The molecule has 22 heavy (non-hydrogen) atoms. The zero-order valence-corrected chi connectivity index (χ0v) is 13.8. The topological polar surface area (TPSA) is 46.2 Å². The van der Waals surface area contributed by atoms with Crippen molar-refractivity contribution < 1.29 is 21.6 Å². The number of rotatable bonds is 4. The second-order valence-electron chi connectivity index (χ2n) is 4.20. The molecule has 0 aliphatic carbocycles. The van der Waals surface area contributed by atoms with E-state index in [0.717, 1.165) is 23.5 Å². The summed E-state index contributed by atoms with van der Waals surface area (Å²) in [5, 5.41) is -0.441. The lowest BCUT2D eigenvalue weighted by atomic mass is 10.1. The van der Waals surface area contributed by atoms with Crippen molar-refractivity contribution >= 4 is 44.6 Å². The van der Waals surface area contributed by atoms with Crippen LogP contribution in [0, 0.1) is 0 Å². The molecule has 1 N–H and O–H groups in total. The van der Waals surface area contributed by atoms with Gasteiger partial charge in [0.15, 0.2) is 0 Å². The lowest BCUT2D eigenvalue weighted by molar-refractivity contribution is -0.137. The molecule has 0 radical (unpaired) electrons. The van der Waals surface area contributed by atoms with Crippen LogP contribution in [-0.4, -0.2) is 8.42 Å². The van der Waals surface area contributed by atoms with Gasteiger partial charge in [0.05, 0.1) is 14.9 Å². The van der Waals surface area contributed by atoms with Gasteiger partial charge in [-0.3, -0.25) is 0 Å². The molecule has 0 bridgehead atoms. The minimum absolute atomic E-state index is 0.0116. The molecule has 0 fully saturated rings. The van der Waals surface area contributed by atoms with Crippen molar-refractivity contribution in [3.05, 3.63) is 50.8 Å². The maximum atomic E-state index is 12.7. The van der Waals surface area contributed by atoms with Gasteiger partial charge in [0, 0.05) is 6.54 Å². The van der Waals surface area contributed by atoms with Gasteiger partial charge in [0.1, 0.15) is 4.21 Å². The molecule has 0 amide bonds. The minimum atomic E-state index is -4.60. The summed E-state index contributed by atoms with van der Waals surface area (Å²) >= 11 is 12.0. The standard InChI is InChI=1S/C12H8Cl2F3NO2S2/c13-9-2-1-7(5-8(9)12(15,16)17)6-18-22(19,20)11-4-3-10(14)21-11/h1-5,18H,6H2. The minimum Gasteiger partial charge on any atom is -0.206 e. The predicted molar refractivity (Wildman–Crippen MR) is 79.8 cm³/mol. The summed E-state index contributed by atoms with van der Waals surface area (Å²) in [6.07, 6.45) is -4.60. The molecule has 0 atom stereocenters. The Morgan fingerprint density at radius 3 is 2.36 bits per heavy atom. The maximum absolute atomic E-state index is 12.7. The molecule has 0 spiro atoms. The second-order valence-corrected chi connectivity index (χ2v) is 8.31. The molecule has 2 aromatic rings. The Kier molecular flexibility index (Phi) is 5.08. The Hall–Kier alpha value is -0.800. The van der Waals surface area contributed by atoms with Crippen LogP contribution in [0.5, 0.6) is 0 Å². The maximum Gasteiger partial charge on any atom is 0.417 e. The van der Waals surface area contributed by atoms with Crippen LogP contribution in [0.25, 0.3) is 0 Å². The summed E-state index contributed by atoms with van der Waals surface area (Å²) in [4.78, 5) is 0. The zero-order chi connectivity index (χ0) is 16.5. The molecule has 0 unspecified atom stereocenters. The van der Waals surface area contributed by atoms with Crippen LogP contribution in [0.1, 0.15) is 11.1 Å². The van der Waals surface area contributed by atoms with Crippen molar-refractivity contribution in [2.45, 2.75) is 16.9 Å². The molecule has 0 saturated heterocycles. The van der Waals surface area contributed by atoms with Crippen LogP contribution >= 0.6 is 34.5 Å². The van der Waals surface area contributed by atoms with Crippen LogP contribution in [0.15, 0.2) is 34.5 Å². The normalized spacial score (nSPS) is 12.6. The molecule has 1 aromatic carbocycles. The lowest BCUT2D eigenvalue weighted by Gasteiger charge is -2.11. The summed E-state index contributed by atoms with van der Waals surface area (Å²) < 4.78 is 64.6. The van der Waals surface area contributed by atoms with Crippen LogP contribution in [0.2, 0.25) is 9.36 Å². The first-order valence-electron chi connectivity index (χ1n) is 5.70. The van der Waals surface area contributed by atoms with Gasteiger partial charge in [-0.2, -0.15) is 13.2 Å². The monoisotopic (exact) mass is 389 g/mol. The molecule has 0 aliphatic rings. The third-order valence-electron chi connectivity index (χ3n) is 2.62. The number of alkyl halides is 3. The van der Waals surface area contributed by atoms with Gasteiger partial charge >= 0.3 is 6.18 Å². The van der Waals surface area contributed by atoms with Crippen LogP contribution in [0.4, 0.5) is 13.2 Å². The highest BCUT2D eigenvalue weighted by atomic mass is 35.5. The van der Waals surface area contributed by atoms with E-state index < -0.39 is 26.8 Å². The van der Waals surface area contributed by atoms with Crippen molar-refractivity contribution in [1.29, 1.82) is 0 Å². The Labute approximate surface area is 138 Å². The smallest absolute Gasteiger partial charge is 0.206 e. The molecule has 120 valence electrons. The van der Waals surface area contributed by atoms with Gasteiger partial charge in [0.25, 0.3) is 0 Å². The van der Waals surface area contributed by atoms with Gasteiger partial charge in [-0.1, -0.05) is 29.3 Å². The number of halogens is 5. The molecule has 1 aromatic heterocycles. The molecule has 0 aliphatic heterocycles. The summed E-state index contributed by atoms with van der Waals surface area (Å²) in [5.74, 6) is 0. The van der Waals surface area contributed by atoms with E-state index in [1.165, 1.54) is 18.2 Å². The number of hydrogen-bond acceptors (Lipinski definition) is 3. The summed E-state index contributed by atoms with van der Waals surface area (Å²) in [7, 11) is -3.83. The van der Waals surface area contributed by atoms with Crippen LogP contribution < -0.4 is 4.72 Å². The van der Waals surface area contributed by atoms with Crippen LogP contribution in [-0.2, 0) is 22.7 Å². The Morgan fingerprint density at radius 1 is 1.14 bits per heavy atom. The van der Waals surface area contributed by atoms with Gasteiger partial charge in [-0.25, -0.2) is 13.1 Å². The van der Waals surface area contributed by atoms with E-state index in [1.54, 1.807) is 0 Å². The first kappa shape index (κ1) is 17.6. The van der Waals surface area contributed by atoms with Gasteiger partial charge in [-0.15, -0.1) is 11.3 Å². The quantitative estimate of drug-likeness (QED) is 0.833. The summed E-state index contributed by atoms with van der Waals surface area (Å²) in [5.41, 5.74) is -0.868. The van der Waals surface area contributed by atoms with Gasteiger partial charge in [-0.05, 0) is 29.8 Å². The Bertz CT molecular complexity index is 788. The molecular formula is C12H8Cl2F3NO2S2. The van der Waals surface area contributed by atoms with Crippen molar-refractivity contribution in [1.82, 2.24) is 4.72 Å². The van der Waals surface area contributed by atoms with Crippen molar-refractivity contribution in [3.63, 3.8) is 0 Å². The number of sulfonamides is 1. The van der Waals surface area contributed by atoms with E-state index in [1.807, 2.05) is 0 Å². The van der Waals surface area contributed by atoms with E-state index in [4.69, 9.17) is 23.2 Å². The van der Waals surface area contributed by atoms with Crippen molar-refractivity contribution in [2.24, 2.45) is 0 Å². The Balaban J connectivity index is 2.19. The number of hydrogen-bond donors (Lipinski definition) is 1. The van der Waals surface area contributed by atoms with Crippen molar-refractivity contribution in [2.75, 3.05) is 0 Å². The summed E-state index contributed by atoms with van der Waals surface area (Å²) in [6, 6.07) is 5.95. The molecule has 3 nitrogen and oxygen atoms in total. The van der Waals surface area contributed by atoms with E-state index in [9.17, 15) is 21.6 Å². The van der Waals surface area contributed by atoms with Gasteiger partial charge in [0.2, 0.25) is 10.0 Å². The molecule has 0 saturated carbocycles. The lowest BCUT2D eigenvalue weighted by Crippen LogP contribution is -2.22. The molecule has 2 rings (SSSR count). The predicted octanol–water partition coefficient (Wildman–Crippen LogP) is 4.55. The van der Waals surface area contributed by atoms with Crippen molar-refractivity contribution in [3.8, 4) is 0 Å². The van der Waals surface area contributed by atoms with E-state index >= 15 is 0 Å².